The van der Waals surface area contributed by atoms with Crippen LogP contribution < -0.4 is 4.72 Å². The van der Waals surface area contributed by atoms with Gasteiger partial charge in [0.25, 0.3) is 0 Å². The molecule has 2 aromatic rings. The van der Waals surface area contributed by atoms with E-state index in [1.807, 2.05) is 12.1 Å². The Morgan fingerprint density at radius 1 is 1.00 bits per heavy atom. The van der Waals surface area contributed by atoms with E-state index in [4.69, 9.17) is 11.6 Å². The normalized spacial score (nSPS) is 9.91. The molecule has 0 aliphatic heterocycles. The molecule has 0 heterocycles. The van der Waals surface area contributed by atoms with E-state index in [-0.39, 0.29) is 0 Å². The summed E-state index contributed by atoms with van der Waals surface area (Å²) in [5, 5.41) is 0.792. The smallest absolute Gasteiger partial charge is 0.0562 e. The highest BCUT2D eigenvalue weighted by molar-refractivity contribution is 8.00. The minimum absolute atomic E-state index is 0.792. The lowest BCUT2D eigenvalue weighted by Gasteiger charge is -2.12. The van der Waals surface area contributed by atoms with Crippen LogP contribution in [0.5, 0.6) is 0 Å². The fraction of sp³-hybridized carbons (Fsp3) is 0.368. The van der Waals surface area contributed by atoms with Crippen LogP contribution in [0.25, 0.3) is 0 Å². The second-order valence-electron chi connectivity index (χ2n) is 5.30. The van der Waals surface area contributed by atoms with Gasteiger partial charge in [-0.25, -0.2) is 0 Å². The zero-order chi connectivity index (χ0) is 16.5. The summed E-state index contributed by atoms with van der Waals surface area (Å²) in [5.41, 5.74) is 4.95. The molecule has 22 heavy (non-hydrogen) atoms. The summed E-state index contributed by atoms with van der Waals surface area (Å²) in [5.74, 6) is 0. The van der Waals surface area contributed by atoms with Crippen LogP contribution in [-0.4, -0.2) is 0 Å². The Labute approximate surface area is 144 Å². The molecular weight excluding hydrogens is 310 g/mol. The lowest BCUT2D eigenvalue weighted by molar-refractivity contribution is 1.09. The lowest BCUT2D eigenvalue weighted by atomic mass is 10.1. The van der Waals surface area contributed by atoms with Crippen molar-refractivity contribution in [1.29, 1.82) is 0 Å². The van der Waals surface area contributed by atoms with Crippen LogP contribution in [0.3, 0.4) is 0 Å². The van der Waals surface area contributed by atoms with Crippen molar-refractivity contribution < 1.29 is 0 Å². The van der Waals surface area contributed by atoms with Gasteiger partial charge in [0.1, 0.15) is 0 Å². The van der Waals surface area contributed by atoms with E-state index >= 15 is 0 Å². The van der Waals surface area contributed by atoms with Crippen molar-refractivity contribution in [2.45, 2.75) is 52.4 Å². The molecule has 0 bridgehead atoms. The molecule has 0 aliphatic carbocycles. The Kier molecular flexibility index (Phi) is 8.44. The number of anilines is 1. The molecule has 0 amide bonds. The van der Waals surface area contributed by atoms with Gasteiger partial charge < -0.3 is 4.72 Å². The van der Waals surface area contributed by atoms with Crippen molar-refractivity contribution in [3.05, 3.63) is 58.1 Å². The first kappa shape index (κ1) is 18.9. The van der Waals surface area contributed by atoms with Crippen LogP contribution in [0.2, 0.25) is 5.02 Å². The molecule has 0 aromatic heterocycles. The second kappa shape index (κ2) is 9.81. The number of hydrogen-bond donors (Lipinski definition) is 1. The Bertz CT molecular complexity index is 576. The number of halogens is 1. The molecule has 0 radical (unpaired) electrons. The lowest BCUT2D eigenvalue weighted by Crippen LogP contribution is -1.93. The minimum atomic E-state index is 0.792. The fourth-order valence-corrected chi connectivity index (χ4v) is 3.09. The second-order valence-corrected chi connectivity index (χ2v) is 6.52. The molecule has 0 atom stereocenters. The topological polar surface area (TPSA) is 12.0 Å². The molecule has 2 aromatic carbocycles. The van der Waals surface area contributed by atoms with Crippen molar-refractivity contribution >= 4 is 29.2 Å². The SMILES string of the molecule is CCC.CCc1ccc(NSc2c(C)cccc2Cl)c(C)c1. The molecule has 120 valence electrons. The van der Waals surface area contributed by atoms with Gasteiger partial charge >= 0.3 is 0 Å². The maximum absolute atomic E-state index is 6.22. The van der Waals surface area contributed by atoms with Gasteiger partial charge in [-0.15, -0.1) is 0 Å². The predicted molar refractivity (Wildman–Crippen MR) is 102 cm³/mol. The summed E-state index contributed by atoms with van der Waals surface area (Å²) < 4.78 is 3.39. The van der Waals surface area contributed by atoms with Crippen molar-refractivity contribution in [3.8, 4) is 0 Å². The van der Waals surface area contributed by atoms with E-state index in [0.29, 0.717) is 0 Å². The Balaban J connectivity index is 0.000000745. The highest BCUT2D eigenvalue weighted by atomic mass is 35.5. The average molecular weight is 336 g/mol. The number of aryl methyl sites for hydroxylation is 3. The molecule has 0 saturated carbocycles. The molecular formula is C19H26ClNS. The van der Waals surface area contributed by atoms with E-state index in [1.54, 1.807) is 11.9 Å². The van der Waals surface area contributed by atoms with Gasteiger partial charge in [0.15, 0.2) is 0 Å². The summed E-state index contributed by atoms with van der Waals surface area (Å²) in [7, 11) is 0. The first-order valence-corrected chi connectivity index (χ1v) is 9.00. The standard InChI is InChI=1S/C16H18ClNS.C3H8/c1-4-13-8-9-15(12(3)10-13)18-19-16-11(2)6-5-7-14(16)17;1-3-2/h5-10,18H,4H2,1-3H3;3H2,1-2H3. The van der Waals surface area contributed by atoms with Crippen molar-refractivity contribution in [2.75, 3.05) is 4.72 Å². The van der Waals surface area contributed by atoms with Crippen molar-refractivity contribution in [1.82, 2.24) is 0 Å². The van der Waals surface area contributed by atoms with Crippen LogP contribution in [0.1, 0.15) is 43.9 Å². The molecule has 0 fully saturated rings. The molecule has 1 nitrogen and oxygen atoms in total. The van der Waals surface area contributed by atoms with Gasteiger partial charge in [0.05, 0.1) is 5.02 Å². The van der Waals surface area contributed by atoms with Gasteiger partial charge in [-0.1, -0.05) is 63.1 Å². The third-order valence-electron chi connectivity index (χ3n) is 3.13. The predicted octanol–water partition coefficient (Wildman–Crippen LogP) is 7.05. The van der Waals surface area contributed by atoms with E-state index in [1.165, 1.54) is 23.1 Å². The van der Waals surface area contributed by atoms with Gasteiger partial charge in [-0.3, -0.25) is 0 Å². The molecule has 0 unspecified atom stereocenters. The van der Waals surface area contributed by atoms with Crippen LogP contribution in [-0.2, 0) is 6.42 Å². The molecule has 0 aliphatic rings. The Morgan fingerprint density at radius 3 is 2.23 bits per heavy atom. The summed E-state index contributed by atoms with van der Waals surface area (Å²) in [6.07, 6.45) is 2.32. The zero-order valence-corrected chi connectivity index (χ0v) is 15.7. The zero-order valence-electron chi connectivity index (χ0n) is 14.2. The van der Waals surface area contributed by atoms with Crippen molar-refractivity contribution in [3.63, 3.8) is 0 Å². The molecule has 0 spiro atoms. The summed E-state index contributed by atoms with van der Waals surface area (Å²) in [6.45, 7) is 10.6. The third-order valence-corrected chi connectivity index (χ3v) is 4.62. The van der Waals surface area contributed by atoms with Crippen LogP contribution in [0.4, 0.5) is 5.69 Å². The highest BCUT2D eigenvalue weighted by Gasteiger charge is 2.06. The van der Waals surface area contributed by atoms with Crippen LogP contribution >= 0.6 is 23.5 Å². The van der Waals surface area contributed by atoms with Crippen molar-refractivity contribution in [2.24, 2.45) is 0 Å². The van der Waals surface area contributed by atoms with Gasteiger partial charge in [0.2, 0.25) is 0 Å². The highest BCUT2D eigenvalue weighted by Crippen LogP contribution is 2.32. The number of nitrogens with one attached hydrogen (secondary N) is 1. The first-order valence-electron chi connectivity index (χ1n) is 7.80. The first-order chi connectivity index (χ1) is 10.5. The third kappa shape index (κ3) is 5.58. The number of rotatable bonds is 4. The van der Waals surface area contributed by atoms with Crippen LogP contribution in [0.15, 0.2) is 41.3 Å². The number of benzene rings is 2. The Hall–Kier alpha value is -1.12. The summed E-state index contributed by atoms with van der Waals surface area (Å²) in [4.78, 5) is 1.09. The molecule has 1 N–H and O–H groups in total. The van der Waals surface area contributed by atoms with Gasteiger partial charge in [-0.05, 0) is 61.0 Å². The maximum atomic E-state index is 6.22. The monoisotopic (exact) mass is 335 g/mol. The maximum Gasteiger partial charge on any atom is 0.0562 e. The summed E-state index contributed by atoms with van der Waals surface area (Å²) >= 11 is 7.79. The van der Waals surface area contributed by atoms with Gasteiger partial charge in [-0.2, -0.15) is 0 Å². The van der Waals surface area contributed by atoms with E-state index < -0.39 is 0 Å². The largest absolute Gasteiger partial charge is 0.325 e. The fourth-order valence-electron chi connectivity index (χ4n) is 1.91. The van der Waals surface area contributed by atoms with Gasteiger partial charge in [0, 0.05) is 10.6 Å². The summed E-state index contributed by atoms with van der Waals surface area (Å²) in [6, 6.07) is 12.5. The number of hydrogen-bond acceptors (Lipinski definition) is 2. The minimum Gasteiger partial charge on any atom is -0.325 e. The molecule has 2 rings (SSSR count). The van der Waals surface area contributed by atoms with E-state index in [0.717, 1.165) is 22.0 Å². The quantitative estimate of drug-likeness (QED) is 0.600. The Morgan fingerprint density at radius 2 is 1.68 bits per heavy atom. The average Bonchev–Trinajstić information content (AvgIpc) is 2.49. The molecule has 3 heteroatoms. The van der Waals surface area contributed by atoms with E-state index in [2.05, 4.69) is 63.6 Å². The van der Waals surface area contributed by atoms with E-state index in [9.17, 15) is 0 Å². The van der Waals surface area contributed by atoms with Crippen LogP contribution in [0, 0.1) is 13.8 Å². The molecule has 0 saturated heterocycles.